The van der Waals surface area contributed by atoms with E-state index in [0.29, 0.717) is 18.0 Å². The van der Waals surface area contributed by atoms with Crippen molar-refractivity contribution in [1.82, 2.24) is 15.1 Å². The number of carbonyl (C=O) groups is 1. The average Bonchev–Trinajstić information content (AvgIpc) is 3.10. The number of rotatable bonds is 5. The Morgan fingerprint density at radius 2 is 2.17 bits per heavy atom. The van der Waals surface area contributed by atoms with E-state index >= 15 is 0 Å². The molecule has 1 aromatic carbocycles. The van der Waals surface area contributed by atoms with Crippen molar-refractivity contribution in [3.05, 3.63) is 53.3 Å². The lowest BCUT2D eigenvalue weighted by atomic mass is 9.85. The van der Waals surface area contributed by atoms with Gasteiger partial charge in [-0.25, -0.2) is 9.18 Å². The number of halogens is 1. The number of hydrogen-bond donors (Lipinski definition) is 1. The number of aryl methyl sites for hydroxylation is 1. The van der Waals surface area contributed by atoms with Gasteiger partial charge in [-0.3, -0.25) is 4.68 Å². The zero-order chi connectivity index (χ0) is 16.9. The molecule has 3 rings (SSSR count). The second-order valence-electron chi connectivity index (χ2n) is 6.07. The van der Waals surface area contributed by atoms with Crippen molar-refractivity contribution in [1.29, 1.82) is 0 Å². The van der Waals surface area contributed by atoms with E-state index in [1.165, 1.54) is 12.7 Å². The lowest BCUT2D eigenvalue weighted by Crippen LogP contribution is -2.30. The molecule has 24 heavy (non-hydrogen) atoms. The van der Waals surface area contributed by atoms with Crippen LogP contribution in [0.3, 0.4) is 0 Å². The molecule has 2 aromatic rings. The van der Waals surface area contributed by atoms with Crippen molar-refractivity contribution in [3.63, 3.8) is 0 Å². The molecule has 1 aliphatic heterocycles. The van der Waals surface area contributed by atoms with Crippen LogP contribution in [0, 0.1) is 0 Å². The minimum absolute atomic E-state index is 0.236. The minimum atomic E-state index is -0.400. The van der Waals surface area contributed by atoms with Crippen molar-refractivity contribution in [2.24, 2.45) is 0 Å². The van der Waals surface area contributed by atoms with E-state index in [2.05, 4.69) is 10.4 Å². The SMILES string of the molecule is COC(=O)c1ccc([C@@H]2CC(c3cnn(CCF)c3)CCN2)cc1. The van der Waals surface area contributed by atoms with E-state index in [1.54, 1.807) is 16.8 Å². The second kappa shape index (κ2) is 7.57. The largest absolute Gasteiger partial charge is 0.465 e. The zero-order valence-corrected chi connectivity index (χ0v) is 13.7. The third-order valence-corrected chi connectivity index (χ3v) is 4.58. The van der Waals surface area contributed by atoms with Gasteiger partial charge in [0.15, 0.2) is 0 Å². The zero-order valence-electron chi connectivity index (χ0n) is 13.7. The number of methoxy groups -OCH3 is 1. The molecule has 1 fully saturated rings. The summed E-state index contributed by atoms with van der Waals surface area (Å²) in [7, 11) is 1.38. The van der Waals surface area contributed by atoms with Gasteiger partial charge < -0.3 is 10.1 Å². The van der Waals surface area contributed by atoms with Crippen LogP contribution in [0.4, 0.5) is 4.39 Å². The van der Waals surface area contributed by atoms with Gasteiger partial charge in [-0.15, -0.1) is 0 Å². The van der Waals surface area contributed by atoms with E-state index in [0.717, 1.165) is 24.9 Å². The maximum atomic E-state index is 12.4. The molecule has 0 spiro atoms. The third kappa shape index (κ3) is 3.64. The normalized spacial score (nSPS) is 20.8. The highest BCUT2D eigenvalue weighted by Gasteiger charge is 2.25. The quantitative estimate of drug-likeness (QED) is 0.856. The van der Waals surface area contributed by atoms with E-state index in [9.17, 15) is 9.18 Å². The molecule has 1 N–H and O–H groups in total. The molecule has 2 atom stereocenters. The summed E-state index contributed by atoms with van der Waals surface area (Å²) in [6.45, 7) is 0.828. The Morgan fingerprint density at radius 3 is 2.88 bits per heavy atom. The van der Waals surface area contributed by atoms with Crippen LogP contribution in [0.25, 0.3) is 0 Å². The molecular formula is C18H22FN3O2. The fraction of sp³-hybridized carbons (Fsp3) is 0.444. The van der Waals surface area contributed by atoms with Crippen LogP contribution >= 0.6 is 0 Å². The van der Waals surface area contributed by atoms with Crippen LogP contribution in [0.15, 0.2) is 36.7 Å². The van der Waals surface area contributed by atoms with Crippen molar-refractivity contribution < 1.29 is 13.9 Å². The number of benzene rings is 1. The summed E-state index contributed by atoms with van der Waals surface area (Å²) in [6, 6.07) is 7.77. The summed E-state index contributed by atoms with van der Waals surface area (Å²) in [5, 5.41) is 7.75. The number of ether oxygens (including phenoxy) is 1. The monoisotopic (exact) mass is 331 g/mol. The van der Waals surface area contributed by atoms with Crippen molar-refractivity contribution >= 4 is 5.97 Å². The second-order valence-corrected chi connectivity index (χ2v) is 6.07. The summed E-state index contributed by atoms with van der Waals surface area (Å²) in [5.74, 6) is 0.0844. The van der Waals surface area contributed by atoms with Gasteiger partial charge >= 0.3 is 5.97 Å². The number of hydrogen-bond acceptors (Lipinski definition) is 4. The topological polar surface area (TPSA) is 56.1 Å². The summed E-state index contributed by atoms with van der Waals surface area (Å²) >= 11 is 0. The number of esters is 1. The Kier molecular flexibility index (Phi) is 5.25. The fourth-order valence-corrected chi connectivity index (χ4v) is 3.24. The highest BCUT2D eigenvalue weighted by molar-refractivity contribution is 5.89. The molecule has 5 nitrogen and oxygen atoms in total. The van der Waals surface area contributed by atoms with Crippen LogP contribution < -0.4 is 5.32 Å². The number of aromatic nitrogens is 2. The first kappa shape index (κ1) is 16.6. The summed E-state index contributed by atoms with van der Waals surface area (Å²) in [4.78, 5) is 11.5. The van der Waals surface area contributed by atoms with Crippen LogP contribution in [-0.2, 0) is 11.3 Å². The van der Waals surface area contributed by atoms with Gasteiger partial charge in [-0.1, -0.05) is 12.1 Å². The molecule has 0 bridgehead atoms. The highest BCUT2D eigenvalue weighted by atomic mass is 19.1. The number of nitrogens with zero attached hydrogens (tertiary/aromatic N) is 2. The minimum Gasteiger partial charge on any atom is -0.465 e. The number of alkyl halides is 1. The molecule has 0 aliphatic carbocycles. The molecule has 6 heteroatoms. The van der Waals surface area contributed by atoms with E-state index < -0.39 is 6.67 Å². The van der Waals surface area contributed by atoms with Gasteiger partial charge in [-0.05, 0) is 48.6 Å². The van der Waals surface area contributed by atoms with E-state index in [1.807, 2.05) is 24.5 Å². The molecule has 0 saturated carbocycles. The average molecular weight is 331 g/mol. The molecule has 2 heterocycles. The van der Waals surface area contributed by atoms with Gasteiger partial charge in [0.25, 0.3) is 0 Å². The van der Waals surface area contributed by atoms with Gasteiger partial charge in [0.1, 0.15) is 6.67 Å². The van der Waals surface area contributed by atoms with Crippen LogP contribution in [0.1, 0.15) is 46.3 Å². The first-order chi connectivity index (χ1) is 11.7. The smallest absolute Gasteiger partial charge is 0.337 e. The Balaban J connectivity index is 1.69. The van der Waals surface area contributed by atoms with Crippen LogP contribution in [-0.4, -0.2) is 36.1 Å². The number of piperidine rings is 1. The first-order valence-electron chi connectivity index (χ1n) is 8.21. The highest BCUT2D eigenvalue weighted by Crippen LogP contribution is 2.34. The summed E-state index contributed by atoms with van der Waals surface area (Å²) in [5.41, 5.74) is 2.88. The molecule has 0 radical (unpaired) electrons. The lowest BCUT2D eigenvalue weighted by molar-refractivity contribution is 0.0600. The van der Waals surface area contributed by atoms with Crippen molar-refractivity contribution in [3.8, 4) is 0 Å². The first-order valence-corrected chi connectivity index (χ1v) is 8.21. The molecule has 128 valence electrons. The lowest BCUT2D eigenvalue weighted by Gasteiger charge is -2.30. The van der Waals surface area contributed by atoms with Crippen molar-refractivity contribution in [2.45, 2.75) is 31.3 Å². The Bertz CT molecular complexity index is 684. The Morgan fingerprint density at radius 1 is 1.38 bits per heavy atom. The number of nitrogens with one attached hydrogen (secondary N) is 1. The molecule has 1 saturated heterocycles. The predicted octanol–water partition coefficient (Wildman–Crippen LogP) is 2.85. The van der Waals surface area contributed by atoms with Gasteiger partial charge in [-0.2, -0.15) is 5.10 Å². The maximum Gasteiger partial charge on any atom is 0.337 e. The van der Waals surface area contributed by atoms with E-state index in [4.69, 9.17) is 4.74 Å². The fourth-order valence-electron chi connectivity index (χ4n) is 3.24. The Hall–Kier alpha value is -2.21. The summed E-state index contributed by atoms with van der Waals surface area (Å²) in [6.07, 6.45) is 5.80. The van der Waals surface area contributed by atoms with Crippen LogP contribution in [0.2, 0.25) is 0 Å². The van der Waals surface area contributed by atoms with E-state index in [-0.39, 0.29) is 12.0 Å². The third-order valence-electron chi connectivity index (χ3n) is 4.58. The van der Waals surface area contributed by atoms with Gasteiger partial charge in [0, 0.05) is 12.2 Å². The molecule has 1 aliphatic rings. The van der Waals surface area contributed by atoms with Gasteiger partial charge in [0.2, 0.25) is 0 Å². The van der Waals surface area contributed by atoms with Gasteiger partial charge in [0.05, 0.1) is 25.4 Å². The van der Waals surface area contributed by atoms with Crippen LogP contribution in [0.5, 0.6) is 0 Å². The number of carbonyl (C=O) groups excluding carboxylic acids is 1. The molecule has 1 unspecified atom stereocenters. The molecule has 0 amide bonds. The Labute approximate surface area is 140 Å². The maximum absolute atomic E-state index is 12.4. The summed E-state index contributed by atoms with van der Waals surface area (Å²) < 4.78 is 18.8. The standard InChI is InChI=1S/C18H22FN3O2/c1-24-18(23)14-4-2-13(3-5-14)17-10-15(6-8-20-17)16-11-21-22(12-16)9-7-19/h2-5,11-12,15,17,20H,6-10H2,1H3/t15?,17-/m0/s1. The molecule has 1 aromatic heterocycles. The van der Waals surface area contributed by atoms with Crippen molar-refractivity contribution in [2.75, 3.05) is 20.3 Å². The predicted molar refractivity (Wildman–Crippen MR) is 88.7 cm³/mol. The molecular weight excluding hydrogens is 309 g/mol.